The van der Waals surface area contributed by atoms with Gasteiger partial charge in [0.05, 0.1) is 6.61 Å². The van der Waals surface area contributed by atoms with E-state index in [0.29, 0.717) is 11.5 Å². The Bertz CT molecular complexity index is 1470. The first-order valence-electron chi connectivity index (χ1n) is 15.1. The van der Waals surface area contributed by atoms with E-state index in [9.17, 15) is 14.7 Å². The number of carbonyl (C=O) groups is 2. The molecule has 0 aliphatic heterocycles. The zero-order valence-electron chi connectivity index (χ0n) is 25.6. The van der Waals surface area contributed by atoms with Crippen molar-refractivity contribution in [2.75, 3.05) is 6.61 Å². The maximum Gasteiger partial charge on any atom is 0.326 e. The molecule has 0 saturated heterocycles. The number of unbranched alkanes of at least 4 members (excludes halogenated alkanes) is 4. The summed E-state index contributed by atoms with van der Waals surface area (Å²) < 4.78 is 11.6. The third kappa shape index (κ3) is 9.05. The molecule has 0 aliphatic rings. The van der Waals surface area contributed by atoms with Crippen molar-refractivity contribution in [1.82, 2.24) is 10.3 Å². The number of hydrogen-bond donors (Lipinski definition) is 2. The Balaban J connectivity index is 1.33. The molecule has 0 aliphatic carbocycles. The van der Waals surface area contributed by atoms with Crippen LogP contribution in [0.5, 0.6) is 5.75 Å². The summed E-state index contributed by atoms with van der Waals surface area (Å²) >= 11 is 0. The number of nitrogens with one attached hydrogen (secondary N) is 1. The Labute approximate surface area is 254 Å². The molecule has 2 N–H and O–H groups in total. The number of benzene rings is 3. The van der Waals surface area contributed by atoms with Crippen LogP contribution in [0.1, 0.15) is 81.3 Å². The average molecular weight is 583 g/mol. The highest BCUT2D eigenvalue weighted by molar-refractivity contribution is 5.96. The second-order valence-corrected chi connectivity index (χ2v) is 11.9. The van der Waals surface area contributed by atoms with Gasteiger partial charge in [0.15, 0.2) is 0 Å². The van der Waals surface area contributed by atoms with E-state index in [1.165, 1.54) is 25.7 Å². The van der Waals surface area contributed by atoms with Gasteiger partial charge in [-0.15, -0.1) is 0 Å². The normalized spacial score (nSPS) is 12.1. The lowest BCUT2D eigenvalue weighted by Gasteiger charge is -2.19. The van der Waals surface area contributed by atoms with Gasteiger partial charge in [0.1, 0.15) is 23.7 Å². The number of amides is 1. The van der Waals surface area contributed by atoms with E-state index in [4.69, 9.17) is 9.15 Å². The van der Waals surface area contributed by atoms with Crippen LogP contribution in [0.15, 0.2) is 83.5 Å². The monoisotopic (exact) mass is 582 g/mol. The fraction of sp³-hybridized carbons (Fsp3) is 0.361. The molecule has 0 spiro atoms. The second-order valence-electron chi connectivity index (χ2n) is 11.9. The summed E-state index contributed by atoms with van der Waals surface area (Å²) in [6.07, 6.45) is 7.79. The topological polar surface area (TPSA) is 102 Å². The number of nitrogens with zero attached hydrogens (tertiary/aromatic N) is 1. The third-order valence-corrected chi connectivity index (χ3v) is 7.43. The summed E-state index contributed by atoms with van der Waals surface area (Å²) in [4.78, 5) is 29.4. The average Bonchev–Trinajstić information content (AvgIpc) is 3.49. The number of oxazole rings is 1. The summed E-state index contributed by atoms with van der Waals surface area (Å²) in [5, 5.41) is 12.4. The van der Waals surface area contributed by atoms with E-state index in [1.54, 1.807) is 18.4 Å². The Hall–Kier alpha value is -4.39. The molecule has 7 heteroatoms. The maximum atomic E-state index is 12.8. The predicted molar refractivity (Wildman–Crippen MR) is 169 cm³/mol. The van der Waals surface area contributed by atoms with Crippen LogP contribution in [0.4, 0.5) is 0 Å². The molecular formula is C36H42N2O5. The van der Waals surface area contributed by atoms with E-state index >= 15 is 0 Å². The summed E-state index contributed by atoms with van der Waals surface area (Å²) in [7, 11) is 0. The number of carboxylic acid groups (broad SMARTS) is 1. The molecule has 7 nitrogen and oxygen atoms in total. The third-order valence-electron chi connectivity index (χ3n) is 7.43. The standard InChI is InChI=1S/C36H42N2O5/c1-5-6-7-8-9-22-42-30-20-16-26(17-21-30)32-24-43-34(38-32)28-12-10-25(11-13-28)23-31(35(40)41)37-33(39)27-14-18-29(19-15-27)36(2,3)4/h10-21,24,31H,5-9,22-23H2,1-4H3,(H,37,39)(H,40,41)/t31-/m0/s1. The van der Waals surface area contributed by atoms with Crippen LogP contribution in [0.2, 0.25) is 0 Å². The van der Waals surface area contributed by atoms with Crippen LogP contribution < -0.4 is 10.1 Å². The molecule has 0 unspecified atom stereocenters. The Morgan fingerprint density at radius 3 is 2.16 bits per heavy atom. The Morgan fingerprint density at radius 2 is 1.53 bits per heavy atom. The number of carbonyl (C=O) groups excluding carboxylic acids is 1. The van der Waals surface area contributed by atoms with Crippen molar-refractivity contribution < 1.29 is 23.8 Å². The van der Waals surface area contributed by atoms with E-state index in [-0.39, 0.29) is 11.8 Å². The minimum Gasteiger partial charge on any atom is -0.494 e. The zero-order chi connectivity index (χ0) is 30.8. The molecular weight excluding hydrogens is 540 g/mol. The highest BCUT2D eigenvalue weighted by atomic mass is 16.5. The molecule has 0 saturated carbocycles. The van der Waals surface area contributed by atoms with Crippen LogP contribution in [-0.4, -0.2) is 34.6 Å². The van der Waals surface area contributed by atoms with E-state index in [2.05, 4.69) is 38.0 Å². The van der Waals surface area contributed by atoms with Crippen LogP contribution in [0.25, 0.3) is 22.7 Å². The van der Waals surface area contributed by atoms with Crippen molar-refractivity contribution >= 4 is 11.9 Å². The number of hydrogen-bond acceptors (Lipinski definition) is 5. The van der Waals surface area contributed by atoms with Crippen molar-refractivity contribution in [3.05, 3.63) is 95.7 Å². The van der Waals surface area contributed by atoms with Gasteiger partial charge in [-0.2, -0.15) is 0 Å². The van der Waals surface area contributed by atoms with Crippen LogP contribution in [0, 0.1) is 0 Å². The fourth-order valence-corrected chi connectivity index (χ4v) is 4.74. The van der Waals surface area contributed by atoms with Gasteiger partial charge in [-0.05, 0) is 71.5 Å². The quantitative estimate of drug-likeness (QED) is 0.146. The summed E-state index contributed by atoms with van der Waals surface area (Å²) in [6, 6.07) is 21.4. The van der Waals surface area contributed by atoms with Gasteiger partial charge >= 0.3 is 5.97 Å². The molecule has 1 heterocycles. The molecule has 0 fully saturated rings. The molecule has 4 aromatic rings. The predicted octanol–water partition coefficient (Wildman–Crippen LogP) is 8.08. The molecule has 1 amide bonds. The minimum absolute atomic E-state index is 0.0365. The maximum absolute atomic E-state index is 12.8. The highest BCUT2D eigenvalue weighted by Crippen LogP contribution is 2.27. The van der Waals surface area contributed by atoms with Crippen molar-refractivity contribution in [2.24, 2.45) is 0 Å². The molecule has 0 radical (unpaired) electrons. The summed E-state index contributed by atoms with van der Waals surface area (Å²) in [5.74, 6) is -0.202. The molecule has 3 aromatic carbocycles. The first-order valence-corrected chi connectivity index (χ1v) is 15.1. The SMILES string of the molecule is CCCCCCCOc1ccc(-c2coc(-c3ccc(C[C@H](NC(=O)c4ccc(C(C)(C)C)cc4)C(=O)O)cc3)n2)cc1. The number of rotatable bonds is 14. The fourth-order valence-electron chi connectivity index (χ4n) is 4.74. The van der Waals surface area contributed by atoms with Crippen molar-refractivity contribution in [2.45, 2.75) is 77.7 Å². The summed E-state index contributed by atoms with van der Waals surface area (Å²) in [6.45, 7) is 9.23. The first kappa shape index (κ1) is 31.5. The second kappa shape index (κ2) is 14.7. The number of aliphatic carboxylic acids is 1. The van der Waals surface area contributed by atoms with Gasteiger partial charge in [-0.1, -0.05) is 77.6 Å². The smallest absolute Gasteiger partial charge is 0.326 e. The lowest BCUT2D eigenvalue weighted by molar-refractivity contribution is -0.139. The van der Waals surface area contributed by atoms with E-state index < -0.39 is 17.9 Å². The van der Waals surface area contributed by atoms with Gasteiger partial charge in [-0.3, -0.25) is 4.79 Å². The first-order chi connectivity index (χ1) is 20.6. The van der Waals surface area contributed by atoms with Gasteiger partial charge in [-0.25, -0.2) is 9.78 Å². The number of ether oxygens (including phenoxy) is 1. The van der Waals surface area contributed by atoms with Gasteiger partial charge in [0.2, 0.25) is 5.89 Å². The van der Waals surface area contributed by atoms with Crippen molar-refractivity contribution in [3.63, 3.8) is 0 Å². The molecule has 0 bridgehead atoms. The molecule has 1 aromatic heterocycles. The van der Waals surface area contributed by atoms with Crippen molar-refractivity contribution in [1.29, 1.82) is 0 Å². The van der Waals surface area contributed by atoms with E-state index in [0.717, 1.165) is 46.7 Å². The molecule has 4 rings (SSSR count). The van der Waals surface area contributed by atoms with Crippen LogP contribution in [-0.2, 0) is 16.6 Å². The Kier molecular flexibility index (Phi) is 10.8. The van der Waals surface area contributed by atoms with E-state index in [1.807, 2.05) is 60.7 Å². The Morgan fingerprint density at radius 1 is 0.884 bits per heavy atom. The zero-order valence-corrected chi connectivity index (χ0v) is 25.6. The van der Waals surface area contributed by atoms with Gasteiger partial charge in [0, 0.05) is 23.1 Å². The molecule has 1 atom stereocenters. The number of aromatic nitrogens is 1. The van der Waals surface area contributed by atoms with Gasteiger partial charge < -0.3 is 19.6 Å². The largest absolute Gasteiger partial charge is 0.494 e. The highest BCUT2D eigenvalue weighted by Gasteiger charge is 2.22. The number of carboxylic acids is 1. The lowest BCUT2D eigenvalue weighted by atomic mass is 9.86. The minimum atomic E-state index is -1.09. The lowest BCUT2D eigenvalue weighted by Crippen LogP contribution is -2.42. The van der Waals surface area contributed by atoms with Gasteiger partial charge in [0.25, 0.3) is 5.91 Å². The summed E-state index contributed by atoms with van der Waals surface area (Å²) in [5.41, 5.74) is 4.67. The van der Waals surface area contributed by atoms with Crippen LogP contribution >= 0.6 is 0 Å². The van der Waals surface area contributed by atoms with Crippen LogP contribution in [0.3, 0.4) is 0 Å². The molecule has 43 heavy (non-hydrogen) atoms. The van der Waals surface area contributed by atoms with Crippen molar-refractivity contribution in [3.8, 4) is 28.5 Å². The molecule has 226 valence electrons.